The third-order valence-electron chi connectivity index (χ3n) is 5.31. The molecule has 1 saturated heterocycles. The molecule has 1 aliphatic heterocycles. The molecule has 32 heavy (non-hydrogen) atoms. The molecule has 1 N–H and O–H groups in total. The molecule has 3 aromatic heterocycles. The minimum absolute atomic E-state index is 0.0983. The van der Waals surface area contributed by atoms with Crippen molar-refractivity contribution in [1.29, 1.82) is 0 Å². The number of sulfone groups is 1. The molecule has 0 spiro atoms. The minimum atomic E-state index is -3.44. The topological polar surface area (TPSA) is 101 Å². The van der Waals surface area contributed by atoms with Gasteiger partial charge in [0, 0.05) is 47.2 Å². The van der Waals surface area contributed by atoms with Gasteiger partial charge in [-0.2, -0.15) is 0 Å². The molecule has 1 fully saturated rings. The van der Waals surface area contributed by atoms with Crippen LogP contribution in [0.15, 0.2) is 41.9 Å². The van der Waals surface area contributed by atoms with Crippen molar-refractivity contribution >= 4 is 37.9 Å². The Balaban J connectivity index is 1.51. The lowest BCUT2D eigenvalue weighted by Crippen LogP contribution is -2.37. The first-order valence-corrected chi connectivity index (χ1v) is 13.0. The number of H-pyrrole nitrogens is 1. The molecule has 4 aromatic rings. The molecule has 0 atom stereocenters. The highest BCUT2D eigenvalue weighted by molar-refractivity contribution is 7.89. The van der Waals surface area contributed by atoms with E-state index in [1.165, 1.54) is 11.3 Å². The zero-order chi connectivity index (χ0) is 22.1. The summed E-state index contributed by atoms with van der Waals surface area (Å²) < 4.78 is 31.3. The van der Waals surface area contributed by atoms with Gasteiger partial charge in [0.2, 0.25) is 0 Å². The van der Waals surface area contributed by atoms with E-state index in [-0.39, 0.29) is 11.5 Å². The first-order chi connectivity index (χ1) is 15.4. The number of nitrogens with one attached hydrogen (secondary N) is 1. The largest absolute Gasteiger partial charge is 0.378 e. The molecule has 4 heterocycles. The number of nitrogens with zero attached hydrogens (tertiary/aromatic N) is 4. The van der Waals surface area contributed by atoms with Crippen LogP contribution < -0.4 is 4.90 Å². The van der Waals surface area contributed by atoms with Gasteiger partial charge in [0.25, 0.3) is 0 Å². The highest BCUT2D eigenvalue weighted by Crippen LogP contribution is 2.25. The number of ether oxygens (including phenoxy) is 1. The fourth-order valence-corrected chi connectivity index (χ4v) is 5.83. The Hall–Kier alpha value is -2.82. The van der Waals surface area contributed by atoms with Crippen molar-refractivity contribution in [3.63, 3.8) is 0 Å². The van der Waals surface area contributed by atoms with Crippen molar-refractivity contribution in [2.24, 2.45) is 0 Å². The number of rotatable bonds is 6. The highest BCUT2D eigenvalue weighted by Gasteiger charge is 2.20. The lowest BCUT2D eigenvalue weighted by Gasteiger charge is -2.28. The van der Waals surface area contributed by atoms with Crippen molar-refractivity contribution < 1.29 is 13.2 Å². The number of aryl methyl sites for hydroxylation is 1. The van der Waals surface area contributed by atoms with Crippen LogP contribution in [0.2, 0.25) is 0 Å². The molecular formula is C22H23N5O3S2. The van der Waals surface area contributed by atoms with Crippen molar-refractivity contribution in [2.75, 3.05) is 31.2 Å². The third kappa shape index (κ3) is 4.67. The Morgan fingerprint density at radius 3 is 2.66 bits per heavy atom. The molecule has 0 amide bonds. The van der Waals surface area contributed by atoms with E-state index in [9.17, 15) is 8.42 Å². The Bertz CT molecular complexity index is 1360. The van der Waals surface area contributed by atoms with Gasteiger partial charge in [0.1, 0.15) is 5.82 Å². The number of benzene rings is 1. The first-order valence-electron chi connectivity index (χ1n) is 10.3. The smallest absolute Gasteiger partial charge is 0.161 e. The van der Waals surface area contributed by atoms with E-state index in [1.807, 2.05) is 37.4 Å². The highest BCUT2D eigenvalue weighted by atomic mass is 32.2. The van der Waals surface area contributed by atoms with Crippen LogP contribution in [0, 0.1) is 6.92 Å². The first kappa shape index (κ1) is 21.0. The van der Waals surface area contributed by atoms with Crippen molar-refractivity contribution in [3.05, 3.63) is 58.3 Å². The molecule has 8 nitrogen and oxygen atoms in total. The van der Waals surface area contributed by atoms with Crippen molar-refractivity contribution in [2.45, 2.75) is 18.4 Å². The van der Waals surface area contributed by atoms with Gasteiger partial charge < -0.3 is 14.6 Å². The van der Waals surface area contributed by atoms with E-state index < -0.39 is 9.84 Å². The van der Waals surface area contributed by atoms with Gasteiger partial charge in [-0.05, 0) is 31.2 Å². The second-order valence-electron chi connectivity index (χ2n) is 7.81. The third-order valence-corrected chi connectivity index (χ3v) is 7.61. The second-order valence-corrected chi connectivity index (χ2v) is 10.9. The maximum absolute atomic E-state index is 12.9. The lowest BCUT2D eigenvalue weighted by atomic mass is 10.1. The monoisotopic (exact) mass is 469 g/mol. The number of fused-ring (bicyclic) bond motifs is 1. The number of anilines is 1. The molecule has 0 aliphatic carbocycles. The summed E-state index contributed by atoms with van der Waals surface area (Å²) in [7, 11) is -3.44. The van der Waals surface area contributed by atoms with Gasteiger partial charge in [-0.25, -0.2) is 23.4 Å². The maximum atomic E-state index is 12.9. The molecule has 0 saturated carbocycles. The van der Waals surface area contributed by atoms with Gasteiger partial charge in [-0.1, -0.05) is 0 Å². The van der Waals surface area contributed by atoms with Gasteiger partial charge in [0.15, 0.2) is 15.7 Å². The van der Waals surface area contributed by atoms with E-state index in [0.717, 1.165) is 27.3 Å². The zero-order valence-corrected chi connectivity index (χ0v) is 19.2. The number of morpholine rings is 1. The Labute approximate surface area is 190 Å². The fraction of sp³-hybridized carbons (Fsp3) is 0.318. The molecule has 166 valence electrons. The van der Waals surface area contributed by atoms with Crippen LogP contribution >= 0.6 is 11.3 Å². The van der Waals surface area contributed by atoms with E-state index >= 15 is 0 Å². The second kappa shape index (κ2) is 8.61. The quantitative estimate of drug-likeness (QED) is 0.462. The number of aromatic amines is 1. The van der Waals surface area contributed by atoms with Crippen LogP contribution in [0.3, 0.4) is 0 Å². The van der Waals surface area contributed by atoms with Crippen LogP contribution in [0.5, 0.6) is 0 Å². The van der Waals surface area contributed by atoms with E-state index in [2.05, 4.69) is 19.9 Å². The number of hydrogen-bond acceptors (Lipinski definition) is 8. The predicted molar refractivity (Wildman–Crippen MR) is 126 cm³/mol. The van der Waals surface area contributed by atoms with Crippen molar-refractivity contribution in [3.8, 4) is 11.4 Å². The Morgan fingerprint density at radius 1 is 1.06 bits per heavy atom. The summed E-state index contributed by atoms with van der Waals surface area (Å²) >= 11 is 1.45. The Kier molecular flexibility index (Phi) is 5.66. The number of hydrogen-bond donors (Lipinski definition) is 1. The van der Waals surface area contributed by atoms with Gasteiger partial charge in [-0.15, -0.1) is 11.3 Å². The SMILES string of the molecule is Cc1nc(CS(=O)(=O)Cc2cc(N3CCOCC3)nc(-c3ccc4[nH]ccc4c3)n2)cs1. The fourth-order valence-electron chi connectivity index (χ4n) is 3.81. The molecule has 0 bridgehead atoms. The number of aromatic nitrogens is 4. The molecule has 5 rings (SSSR count). The van der Waals surface area contributed by atoms with E-state index in [4.69, 9.17) is 9.72 Å². The molecule has 0 radical (unpaired) electrons. The normalized spacial score (nSPS) is 14.8. The summed E-state index contributed by atoms with van der Waals surface area (Å²) in [6, 6.07) is 9.73. The Morgan fingerprint density at radius 2 is 1.88 bits per heavy atom. The van der Waals surface area contributed by atoms with Crippen LogP contribution in [-0.4, -0.2) is 54.7 Å². The lowest BCUT2D eigenvalue weighted by molar-refractivity contribution is 0.122. The summed E-state index contributed by atoms with van der Waals surface area (Å²) in [6.45, 7) is 4.51. The summed E-state index contributed by atoms with van der Waals surface area (Å²) in [4.78, 5) is 19.0. The average molecular weight is 470 g/mol. The van der Waals surface area contributed by atoms with Gasteiger partial charge in [-0.3, -0.25) is 0 Å². The van der Waals surface area contributed by atoms with Crippen molar-refractivity contribution in [1.82, 2.24) is 19.9 Å². The summed E-state index contributed by atoms with van der Waals surface area (Å²) in [5.41, 5.74) is 2.94. The average Bonchev–Trinajstić information content (AvgIpc) is 3.41. The molecule has 10 heteroatoms. The van der Waals surface area contributed by atoms with Crippen LogP contribution in [0.1, 0.15) is 16.4 Å². The van der Waals surface area contributed by atoms with Crippen LogP contribution in [0.4, 0.5) is 5.82 Å². The molecule has 1 aliphatic rings. The van der Waals surface area contributed by atoms with E-state index in [1.54, 1.807) is 11.4 Å². The van der Waals surface area contributed by atoms with Gasteiger partial charge in [0.05, 0.1) is 41.1 Å². The predicted octanol–water partition coefficient (Wildman–Crippen LogP) is 3.34. The molecule has 0 unspecified atom stereocenters. The van der Waals surface area contributed by atoms with Crippen LogP contribution in [0.25, 0.3) is 22.3 Å². The molecular weight excluding hydrogens is 446 g/mol. The maximum Gasteiger partial charge on any atom is 0.161 e. The number of thiazole rings is 1. The summed E-state index contributed by atoms with van der Waals surface area (Å²) in [6.07, 6.45) is 1.89. The van der Waals surface area contributed by atoms with E-state index in [0.29, 0.717) is 43.5 Å². The summed E-state index contributed by atoms with van der Waals surface area (Å²) in [5, 5.41) is 3.70. The summed E-state index contributed by atoms with van der Waals surface area (Å²) in [5.74, 6) is 0.982. The van der Waals surface area contributed by atoms with Crippen LogP contribution in [-0.2, 0) is 26.1 Å². The van der Waals surface area contributed by atoms with Gasteiger partial charge >= 0.3 is 0 Å². The molecule has 1 aromatic carbocycles. The zero-order valence-electron chi connectivity index (χ0n) is 17.6. The minimum Gasteiger partial charge on any atom is -0.378 e. The standard InChI is InChI=1S/C22H23N5O3S2/c1-15-24-19(12-31-15)14-32(28,29)13-18-11-21(27-6-8-30-9-7-27)26-22(25-18)17-2-3-20-16(10-17)4-5-23-20/h2-5,10-12,23H,6-9,13-14H2,1H3.